The first-order valence-corrected chi connectivity index (χ1v) is 9.87. The van der Waals surface area contributed by atoms with Gasteiger partial charge >= 0.3 is 0 Å². The highest BCUT2D eigenvalue weighted by Gasteiger charge is 2.26. The van der Waals surface area contributed by atoms with Crippen LogP contribution < -0.4 is 14.8 Å². The smallest absolute Gasteiger partial charge is 0.238 e. The van der Waals surface area contributed by atoms with E-state index in [1.54, 1.807) is 12.1 Å². The summed E-state index contributed by atoms with van der Waals surface area (Å²) in [5.74, 6) is 0.805. The first kappa shape index (κ1) is 21.1. The Kier molecular flexibility index (Phi) is 6.12. The van der Waals surface area contributed by atoms with Crippen LogP contribution in [0.25, 0.3) is 0 Å². The molecule has 0 spiro atoms. The number of amides is 2. The number of Topliss-reactive ketones (excluding diaryl/α,β-unsaturated/α-hetero) is 1. The number of benzene rings is 1. The fourth-order valence-electron chi connectivity index (χ4n) is 3.45. The maximum absolute atomic E-state index is 12.5. The molecule has 2 heterocycles. The summed E-state index contributed by atoms with van der Waals surface area (Å²) in [4.78, 5) is 40.7. The van der Waals surface area contributed by atoms with Crippen molar-refractivity contribution in [1.82, 2.24) is 9.80 Å². The Balaban J connectivity index is 1.55. The average molecular weight is 403 g/mol. The number of ketones is 1. The molecule has 29 heavy (non-hydrogen) atoms. The highest BCUT2D eigenvalue weighted by atomic mass is 16.7. The number of hydrogen-bond donors (Lipinski definition) is 1. The summed E-state index contributed by atoms with van der Waals surface area (Å²) in [5, 5.41) is 2.82. The van der Waals surface area contributed by atoms with Gasteiger partial charge in [-0.15, -0.1) is 0 Å². The number of anilines is 1. The summed E-state index contributed by atoms with van der Waals surface area (Å²) in [6.45, 7) is 10.4. The molecule has 0 saturated carbocycles. The third kappa shape index (κ3) is 5.47. The van der Waals surface area contributed by atoms with E-state index in [4.69, 9.17) is 9.47 Å². The van der Waals surface area contributed by atoms with Crippen molar-refractivity contribution in [2.75, 3.05) is 44.8 Å². The molecule has 2 aliphatic heterocycles. The second-order valence-electron chi connectivity index (χ2n) is 8.75. The SMILES string of the molecule is CC(=O)c1cc2c(cc1NC(=O)CN1CCN(C(=O)CC(C)(C)C)CC1)OCO2. The molecule has 158 valence electrons. The van der Waals surface area contributed by atoms with E-state index in [-0.39, 0.29) is 36.4 Å². The topological polar surface area (TPSA) is 88.2 Å². The molecule has 1 aromatic rings. The lowest BCUT2D eigenvalue weighted by Gasteiger charge is -2.35. The lowest BCUT2D eigenvalue weighted by Crippen LogP contribution is -2.50. The molecule has 1 saturated heterocycles. The number of piperazine rings is 1. The van der Waals surface area contributed by atoms with Crippen LogP contribution in [-0.2, 0) is 9.59 Å². The molecule has 1 fully saturated rings. The molecule has 3 rings (SSSR count). The molecule has 0 aromatic heterocycles. The summed E-state index contributed by atoms with van der Waals surface area (Å²) in [6.07, 6.45) is 0.519. The molecule has 1 aromatic carbocycles. The van der Waals surface area contributed by atoms with Gasteiger partial charge in [-0.2, -0.15) is 0 Å². The van der Waals surface area contributed by atoms with Gasteiger partial charge in [-0.25, -0.2) is 0 Å². The summed E-state index contributed by atoms with van der Waals surface area (Å²) in [7, 11) is 0. The van der Waals surface area contributed by atoms with E-state index in [0.717, 1.165) is 0 Å². The van der Waals surface area contributed by atoms with E-state index >= 15 is 0 Å². The molecule has 1 N–H and O–H groups in total. The minimum absolute atomic E-state index is 0.0346. The predicted octanol–water partition coefficient (Wildman–Crippen LogP) is 2.14. The van der Waals surface area contributed by atoms with E-state index in [1.165, 1.54) is 6.92 Å². The minimum atomic E-state index is -0.208. The Morgan fingerprint density at radius 3 is 2.24 bits per heavy atom. The zero-order chi connectivity index (χ0) is 21.2. The normalized spacial score (nSPS) is 16.6. The quantitative estimate of drug-likeness (QED) is 0.758. The second-order valence-corrected chi connectivity index (χ2v) is 8.75. The van der Waals surface area contributed by atoms with Crippen LogP contribution in [0, 0.1) is 5.41 Å². The Labute approximate surface area is 171 Å². The monoisotopic (exact) mass is 403 g/mol. The zero-order valence-electron chi connectivity index (χ0n) is 17.5. The largest absolute Gasteiger partial charge is 0.454 e. The number of nitrogens with zero attached hydrogens (tertiary/aromatic N) is 2. The molecule has 0 radical (unpaired) electrons. The summed E-state index contributed by atoms with van der Waals surface area (Å²) >= 11 is 0. The number of carbonyl (C=O) groups is 3. The van der Waals surface area contributed by atoms with Crippen molar-refractivity contribution in [1.29, 1.82) is 0 Å². The van der Waals surface area contributed by atoms with Crippen molar-refractivity contribution in [3.05, 3.63) is 17.7 Å². The fourth-order valence-corrected chi connectivity index (χ4v) is 3.45. The van der Waals surface area contributed by atoms with Gasteiger partial charge in [0.25, 0.3) is 0 Å². The Morgan fingerprint density at radius 2 is 1.66 bits per heavy atom. The molecule has 0 atom stereocenters. The van der Waals surface area contributed by atoms with Crippen LogP contribution in [0.3, 0.4) is 0 Å². The predicted molar refractivity (Wildman–Crippen MR) is 108 cm³/mol. The Hall–Kier alpha value is -2.61. The number of carbonyl (C=O) groups excluding carboxylic acids is 3. The minimum Gasteiger partial charge on any atom is -0.454 e. The number of ether oxygens (including phenoxy) is 2. The van der Waals surface area contributed by atoms with Crippen molar-refractivity contribution < 1.29 is 23.9 Å². The van der Waals surface area contributed by atoms with Gasteiger partial charge in [-0.3, -0.25) is 19.3 Å². The third-order valence-electron chi connectivity index (χ3n) is 4.94. The van der Waals surface area contributed by atoms with Crippen molar-refractivity contribution >= 4 is 23.3 Å². The molecule has 0 aliphatic carbocycles. The zero-order valence-corrected chi connectivity index (χ0v) is 17.5. The molecule has 8 nitrogen and oxygen atoms in total. The van der Waals surface area contributed by atoms with Crippen molar-refractivity contribution in [2.45, 2.75) is 34.1 Å². The molecule has 2 aliphatic rings. The third-order valence-corrected chi connectivity index (χ3v) is 4.94. The number of hydrogen-bond acceptors (Lipinski definition) is 6. The highest BCUT2D eigenvalue weighted by Crippen LogP contribution is 2.37. The number of nitrogens with one attached hydrogen (secondary N) is 1. The van der Waals surface area contributed by atoms with Crippen LogP contribution in [-0.4, -0.2) is 66.9 Å². The number of fused-ring (bicyclic) bond motifs is 1. The second kappa shape index (κ2) is 8.41. The molecular formula is C21H29N3O5. The van der Waals surface area contributed by atoms with Crippen LogP contribution in [0.5, 0.6) is 11.5 Å². The van der Waals surface area contributed by atoms with Crippen molar-refractivity contribution in [2.24, 2.45) is 5.41 Å². The lowest BCUT2D eigenvalue weighted by atomic mass is 9.91. The van der Waals surface area contributed by atoms with Gasteiger partial charge in [0.05, 0.1) is 12.2 Å². The fraction of sp³-hybridized carbons (Fsp3) is 0.571. The Bertz CT molecular complexity index is 807. The van der Waals surface area contributed by atoms with E-state index in [2.05, 4.69) is 26.1 Å². The van der Waals surface area contributed by atoms with Crippen molar-refractivity contribution in [3.63, 3.8) is 0 Å². The molecular weight excluding hydrogens is 374 g/mol. The van der Waals surface area contributed by atoms with Gasteiger partial charge in [-0.05, 0) is 18.4 Å². The summed E-state index contributed by atoms with van der Waals surface area (Å²) < 4.78 is 10.6. The van der Waals surface area contributed by atoms with Crippen LogP contribution in [0.15, 0.2) is 12.1 Å². The van der Waals surface area contributed by atoms with Gasteiger partial charge in [0, 0.05) is 44.2 Å². The average Bonchev–Trinajstić information content (AvgIpc) is 3.07. The maximum atomic E-state index is 12.5. The molecule has 8 heteroatoms. The van der Waals surface area contributed by atoms with Crippen LogP contribution >= 0.6 is 0 Å². The van der Waals surface area contributed by atoms with E-state index < -0.39 is 0 Å². The number of rotatable bonds is 5. The van der Waals surface area contributed by atoms with Gasteiger partial charge in [0.15, 0.2) is 17.3 Å². The van der Waals surface area contributed by atoms with E-state index in [9.17, 15) is 14.4 Å². The standard InChI is InChI=1S/C21H29N3O5/c1-14(25)15-9-17-18(29-13-28-17)10-16(15)22-19(26)12-23-5-7-24(8-6-23)20(27)11-21(2,3)4/h9-10H,5-8,11-13H2,1-4H3,(H,22,26). The van der Waals surface area contributed by atoms with E-state index in [1.807, 2.05) is 9.80 Å². The first-order valence-electron chi connectivity index (χ1n) is 9.87. The van der Waals surface area contributed by atoms with Crippen LogP contribution in [0.2, 0.25) is 0 Å². The summed E-state index contributed by atoms with van der Waals surface area (Å²) in [5.41, 5.74) is 0.776. The molecule has 0 unspecified atom stereocenters. The van der Waals surface area contributed by atoms with Crippen LogP contribution in [0.1, 0.15) is 44.5 Å². The molecule has 2 amide bonds. The lowest BCUT2D eigenvalue weighted by molar-refractivity contribution is -0.135. The summed E-state index contributed by atoms with van der Waals surface area (Å²) in [6, 6.07) is 3.22. The van der Waals surface area contributed by atoms with E-state index in [0.29, 0.717) is 55.3 Å². The van der Waals surface area contributed by atoms with Gasteiger partial charge < -0.3 is 19.7 Å². The maximum Gasteiger partial charge on any atom is 0.238 e. The highest BCUT2D eigenvalue weighted by molar-refractivity contribution is 6.05. The van der Waals surface area contributed by atoms with Gasteiger partial charge in [0.1, 0.15) is 0 Å². The molecule has 0 bridgehead atoms. The van der Waals surface area contributed by atoms with Crippen molar-refractivity contribution in [3.8, 4) is 11.5 Å². The van der Waals surface area contributed by atoms with Crippen LogP contribution in [0.4, 0.5) is 5.69 Å². The van der Waals surface area contributed by atoms with Gasteiger partial charge in [-0.1, -0.05) is 20.8 Å². The Morgan fingerprint density at radius 1 is 1.03 bits per heavy atom. The van der Waals surface area contributed by atoms with Gasteiger partial charge in [0.2, 0.25) is 18.6 Å². The first-order chi connectivity index (χ1) is 13.6.